The molecule has 62 valence electrons. The van der Waals surface area contributed by atoms with Crippen LogP contribution in [0.1, 0.15) is 32.6 Å². The Labute approximate surface area is 67.0 Å². The normalized spacial score (nSPS) is 29.4. The maximum absolute atomic E-state index is 10.6. The predicted molar refractivity (Wildman–Crippen MR) is 42.2 cm³/mol. The molecule has 0 N–H and O–H groups in total. The molecule has 1 saturated carbocycles. The van der Waals surface area contributed by atoms with Crippen molar-refractivity contribution in [2.75, 3.05) is 0 Å². The van der Waals surface area contributed by atoms with Crippen molar-refractivity contribution in [1.82, 2.24) is 0 Å². The van der Waals surface area contributed by atoms with Crippen LogP contribution in [0.5, 0.6) is 0 Å². The molecule has 0 amide bonds. The van der Waals surface area contributed by atoms with Gasteiger partial charge in [-0.1, -0.05) is 19.8 Å². The molecule has 0 spiro atoms. The average molecular weight is 154 g/mol. The molecule has 0 aromatic heterocycles. The van der Waals surface area contributed by atoms with Gasteiger partial charge in [0.25, 0.3) is 0 Å². The summed E-state index contributed by atoms with van der Waals surface area (Å²) < 4.78 is 0. The van der Waals surface area contributed by atoms with Gasteiger partial charge in [-0.25, -0.2) is 0 Å². The molecule has 1 aliphatic rings. The van der Waals surface area contributed by atoms with Gasteiger partial charge in [0.15, 0.2) is 0 Å². The fourth-order valence-electron chi connectivity index (χ4n) is 1.87. The van der Waals surface area contributed by atoms with Gasteiger partial charge in [-0.3, -0.25) is 0 Å². The monoisotopic (exact) mass is 154 g/mol. The van der Waals surface area contributed by atoms with E-state index in [2.05, 4.69) is 6.92 Å². The number of rotatable bonds is 2. The van der Waals surface area contributed by atoms with E-state index >= 15 is 0 Å². The second-order valence-electron chi connectivity index (χ2n) is 3.67. The van der Waals surface area contributed by atoms with Gasteiger partial charge < -0.3 is 9.59 Å². The summed E-state index contributed by atoms with van der Waals surface area (Å²) in [6.07, 6.45) is 5.33. The fraction of sp³-hybridized carbons (Fsp3) is 0.778. The van der Waals surface area contributed by atoms with Crippen molar-refractivity contribution in [3.63, 3.8) is 0 Å². The number of carbonyl (C=O) groups excluding carboxylic acids is 2. The Morgan fingerprint density at radius 2 is 2.00 bits per heavy atom. The van der Waals surface area contributed by atoms with E-state index in [0.717, 1.165) is 38.3 Å². The number of carbonyl (C=O) groups is 2. The van der Waals surface area contributed by atoms with Crippen LogP contribution in [0.3, 0.4) is 0 Å². The van der Waals surface area contributed by atoms with Crippen LogP contribution in [0.25, 0.3) is 0 Å². The van der Waals surface area contributed by atoms with E-state index in [4.69, 9.17) is 0 Å². The van der Waals surface area contributed by atoms with Gasteiger partial charge in [-0.15, -0.1) is 0 Å². The van der Waals surface area contributed by atoms with Gasteiger partial charge in [-0.05, 0) is 18.8 Å². The fourth-order valence-corrected chi connectivity index (χ4v) is 1.87. The molecule has 1 fully saturated rings. The summed E-state index contributed by atoms with van der Waals surface area (Å²) in [5, 5.41) is 0. The molecular weight excluding hydrogens is 140 g/mol. The smallest absolute Gasteiger partial charge is 0.133 e. The van der Waals surface area contributed by atoms with Crippen LogP contribution in [-0.2, 0) is 9.59 Å². The highest BCUT2D eigenvalue weighted by atomic mass is 16.1. The molecule has 0 unspecified atom stereocenters. The Kier molecular flexibility index (Phi) is 2.42. The third-order valence-electron chi connectivity index (χ3n) is 2.54. The predicted octanol–water partition coefficient (Wildman–Crippen LogP) is 1.58. The molecule has 1 aliphatic carbocycles. The highest BCUT2D eigenvalue weighted by molar-refractivity contribution is 5.83. The van der Waals surface area contributed by atoms with Crippen molar-refractivity contribution in [2.45, 2.75) is 32.6 Å². The number of aldehydes is 2. The Morgan fingerprint density at radius 1 is 1.36 bits per heavy atom. The molecule has 0 aromatic carbocycles. The first-order valence-corrected chi connectivity index (χ1v) is 4.15. The Hall–Kier alpha value is -0.660. The van der Waals surface area contributed by atoms with Crippen LogP contribution in [0.15, 0.2) is 0 Å². The molecule has 0 radical (unpaired) electrons. The van der Waals surface area contributed by atoms with Crippen LogP contribution in [0, 0.1) is 11.3 Å². The van der Waals surface area contributed by atoms with Crippen molar-refractivity contribution in [1.29, 1.82) is 0 Å². The van der Waals surface area contributed by atoms with E-state index in [1.54, 1.807) is 0 Å². The third kappa shape index (κ3) is 1.67. The van der Waals surface area contributed by atoms with Crippen LogP contribution in [-0.4, -0.2) is 12.6 Å². The number of hydrogen-bond donors (Lipinski definition) is 0. The Balaban J connectivity index is 2.67. The van der Waals surface area contributed by atoms with Gasteiger partial charge in [-0.2, -0.15) is 0 Å². The van der Waals surface area contributed by atoms with Crippen LogP contribution in [0.4, 0.5) is 0 Å². The quantitative estimate of drug-likeness (QED) is 0.447. The van der Waals surface area contributed by atoms with Crippen molar-refractivity contribution in [3.05, 3.63) is 0 Å². The highest BCUT2D eigenvalue weighted by Crippen LogP contribution is 2.35. The first-order valence-electron chi connectivity index (χ1n) is 4.15. The zero-order valence-corrected chi connectivity index (χ0v) is 6.88. The second-order valence-corrected chi connectivity index (χ2v) is 3.67. The van der Waals surface area contributed by atoms with Crippen LogP contribution in [0.2, 0.25) is 0 Å². The molecule has 0 aromatic rings. The Morgan fingerprint density at radius 3 is 2.36 bits per heavy atom. The summed E-state index contributed by atoms with van der Waals surface area (Å²) in [5.41, 5.74) is -0.627. The highest BCUT2D eigenvalue weighted by Gasteiger charge is 2.34. The maximum atomic E-state index is 10.6. The maximum Gasteiger partial charge on any atom is 0.133 e. The molecular formula is C9H14O2. The topological polar surface area (TPSA) is 34.1 Å². The first-order chi connectivity index (χ1) is 5.22. The minimum absolute atomic E-state index is 0.527. The van der Waals surface area contributed by atoms with Crippen molar-refractivity contribution >= 4 is 12.6 Å². The molecule has 0 aliphatic heterocycles. The lowest BCUT2D eigenvalue weighted by atomic mass is 9.72. The largest absolute Gasteiger partial charge is 0.302 e. The zero-order chi connectivity index (χ0) is 8.32. The third-order valence-corrected chi connectivity index (χ3v) is 2.54. The van der Waals surface area contributed by atoms with Gasteiger partial charge in [0.05, 0.1) is 5.41 Å². The van der Waals surface area contributed by atoms with E-state index in [-0.39, 0.29) is 0 Å². The van der Waals surface area contributed by atoms with Crippen molar-refractivity contribution < 1.29 is 9.59 Å². The summed E-state index contributed by atoms with van der Waals surface area (Å²) in [6, 6.07) is 0. The summed E-state index contributed by atoms with van der Waals surface area (Å²) in [6.45, 7) is 2.10. The summed E-state index contributed by atoms with van der Waals surface area (Å²) in [5.74, 6) is 0.527. The molecule has 0 heterocycles. The van der Waals surface area contributed by atoms with Crippen LogP contribution < -0.4 is 0 Å². The number of hydrogen-bond acceptors (Lipinski definition) is 2. The molecule has 11 heavy (non-hydrogen) atoms. The van der Waals surface area contributed by atoms with Crippen molar-refractivity contribution in [2.24, 2.45) is 11.3 Å². The molecule has 2 heteroatoms. The molecule has 0 saturated heterocycles. The zero-order valence-electron chi connectivity index (χ0n) is 6.88. The molecule has 1 rings (SSSR count). The first kappa shape index (κ1) is 8.44. The van der Waals surface area contributed by atoms with Crippen molar-refractivity contribution in [3.8, 4) is 0 Å². The lowest BCUT2D eigenvalue weighted by molar-refractivity contribution is -0.129. The standard InChI is InChI=1S/C9H14O2/c1-8-3-2-4-9(5-8,6-10)7-11/h6-8H,2-5H2,1H3/t8-/m1/s1. The van der Waals surface area contributed by atoms with Gasteiger partial charge in [0, 0.05) is 0 Å². The van der Waals surface area contributed by atoms with Gasteiger partial charge in [0.2, 0.25) is 0 Å². The summed E-state index contributed by atoms with van der Waals surface area (Å²) in [7, 11) is 0. The summed E-state index contributed by atoms with van der Waals surface area (Å²) >= 11 is 0. The minimum Gasteiger partial charge on any atom is -0.302 e. The van der Waals surface area contributed by atoms with E-state index in [1.807, 2.05) is 0 Å². The van der Waals surface area contributed by atoms with E-state index < -0.39 is 5.41 Å². The van der Waals surface area contributed by atoms with Gasteiger partial charge in [0.1, 0.15) is 12.6 Å². The SMILES string of the molecule is C[C@@H]1CCCC(C=O)(C=O)C1. The Bertz CT molecular complexity index is 155. The molecule has 2 nitrogen and oxygen atoms in total. The van der Waals surface area contributed by atoms with E-state index in [0.29, 0.717) is 5.92 Å². The van der Waals surface area contributed by atoms with E-state index in [9.17, 15) is 9.59 Å². The molecule has 1 atom stereocenters. The van der Waals surface area contributed by atoms with E-state index in [1.165, 1.54) is 0 Å². The van der Waals surface area contributed by atoms with Crippen LogP contribution >= 0.6 is 0 Å². The lowest BCUT2D eigenvalue weighted by Crippen LogP contribution is -2.30. The average Bonchev–Trinajstić information content (AvgIpc) is 2.04. The minimum atomic E-state index is -0.627. The second kappa shape index (κ2) is 3.16. The summed E-state index contributed by atoms with van der Waals surface area (Å²) in [4.78, 5) is 21.3. The molecule has 0 bridgehead atoms. The lowest BCUT2D eigenvalue weighted by Gasteiger charge is -2.30. The van der Waals surface area contributed by atoms with Gasteiger partial charge >= 0.3 is 0 Å².